The van der Waals surface area contributed by atoms with Crippen molar-refractivity contribution < 1.29 is 14.3 Å². The van der Waals surface area contributed by atoms with Crippen LogP contribution in [0.5, 0.6) is 0 Å². The largest absolute Gasteiger partial charge is 0.468 e. The first-order chi connectivity index (χ1) is 5.49. The second kappa shape index (κ2) is 4.87. The average Bonchev–Trinajstić information content (AvgIpc) is 2.00. The van der Waals surface area contributed by atoms with Crippen LogP contribution in [0.3, 0.4) is 0 Å². The van der Waals surface area contributed by atoms with Crippen LogP contribution in [-0.2, 0) is 14.3 Å². The SMILES string of the molecule is COC(=O)C(N)C(=O)CC(C)C. The lowest BCUT2D eigenvalue weighted by molar-refractivity contribution is -0.145. The van der Waals surface area contributed by atoms with Gasteiger partial charge >= 0.3 is 5.97 Å². The first-order valence-corrected chi connectivity index (χ1v) is 3.85. The number of rotatable bonds is 4. The van der Waals surface area contributed by atoms with E-state index < -0.39 is 12.0 Å². The van der Waals surface area contributed by atoms with Crippen LogP contribution in [0.4, 0.5) is 0 Å². The fourth-order valence-electron chi connectivity index (χ4n) is 0.788. The molecule has 0 aliphatic carbocycles. The summed E-state index contributed by atoms with van der Waals surface area (Å²) in [6, 6.07) is -1.11. The maximum atomic E-state index is 11.1. The van der Waals surface area contributed by atoms with E-state index in [9.17, 15) is 9.59 Å². The number of carbonyl (C=O) groups is 2. The van der Waals surface area contributed by atoms with E-state index in [4.69, 9.17) is 5.73 Å². The zero-order valence-electron chi connectivity index (χ0n) is 7.66. The molecule has 0 saturated heterocycles. The Morgan fingerprint density at radius 1 is 1.42 bits per heavy atom. The molecule has 4 heteroatoms. The molecule has 0 bridgehead atoms. The number of esters is 1. The quantitative estimate of drug-likeness (QED) is 0.483. The summed E-state index contributed by atoms with van der Waals surface area (Å²) in [5, 5.41) is 0. The fraction of sp³-hybridized carbons (Fsp3) is 0.750. The molecule has 0 aliphatic rings. The highest BCUT2D eigenvalue weighted by Crippen LogP contribution is 2.02. The Morgan fingerprint density at radius 2 is 1.92 bits per heavy atom. The third-order valence-corrected chi connectivity index (χ3v) is 1.41. The van der Waals surface area contributed by atoms with Gasteiger partial charge in [-0.1, -0.05) is 13.8 Å². The molecule has 70 valence electrons. The van der Waals surface area contributed by atoms with Crippen molar-refractivity contribution in [1.29, 1.82) is 0 Å². The molecule has 0 aromatic rings. The number of ketones is 1. The summed E-state index contributed by atoms with van der Waals surface area (Å²) in [6.45, 7) is 3.78. The Bertz CT molecular complexity index is 177. The lowest BCUT2D eigenvalue weighted by atomic mass is 10.0. The molecule has 0 radical (unpaired) electrons. The average molecular weight is 173 g/mol. The predicted octanol–water partition coefficient (Wildman–Crippen LogP) is 0.102. The number of carbonyl (C=O) groups excluding carboxylic acids is 2. The Morgan fingerprint density at radius 3 is 2.25 bits per heavy atom. The lowest BCUT2D eigenvalue weighted by Crippen LogP contribution is -2.39. The van der Waals surface area contributed by atoms with Crippen molar-refractivity contribution in [2.24, 2.45) is 11.7 Å². The van der Waals surface area contributed by atoms with Gasteiger partial charge in [0.1, 0.15) is 0 Å². The maximum Gasteiger partial charge on any atom is 0.330 e. The van der Waals surface area contributed by atoms with Gasteiger partial charge in [-0.2, -0.15) is 0 Å². The molecule has 0 saturated carbocycles. The van der Waals surface area contributed by atoms with Crippen LogP contribution in [0.2, 0.25) is 0 Å². The van der Waals surface area contributed by atoms with Crippen molar-refractivity contribution >= 4 is 11.8 Å². The molecule has 0 aliphatic heterocycles. The van der Waals surface area contributed by atoms with Crippen molar-refractivity contribution in [3.63, 3.8) is 0 Å². The molecule has 0 aromatic heterocycles. The monoisotopic (exact) mass is 173 g/mol. The standard InChI is InChI=1S/C8H15NO3/c1-5(2)4-6(10)7(9)8(11)12-3/h5,7H,4,9H2,1-3H3. The molecule has 0 amide bonds. The van der Waals surface area contributed by atoms with Crippen molar-refractivity contribution in [1.82, 2.24) is 0 Å². The van der Waals surface area contributed by atoms with Crippen LogP contribution >= 0.6 is 0 Å². The zero-order valence-corrected chi connectivity index (χ0v) is 7.66. The smallest absolute Gasteiger partial charge is 0.330 e. The van der Waals surface area contributed by atoms with E-state index >= 15 is 0 Å². The first kappa shape index (κ1) is 11.1. The second-order valence-electron chi connectivity index (χ2n) is 3.07. The van der Waals surface area contributed by atoms with E-state index in [0.717, 1.165) is 0 Å². The first-order valence-electron chi connectivity index (χ1n) is 3.85. The van der Waals surface area contributed by atoms with Gasteiger partial charge in [0.05, 0.1) is 7.11 Å². The minimum Gasteiger partial charge on any atom is -0.468 e. The molecule has 0 rings (SSSR count). The molecular weight excluding hydrogens is 158 g/mol. The summed E-state index contributed by atoms with van der Waals surface area (Å²) in [4.78, 5) is 21.9. The normalized spacial score (nSPS) is 12.8. The molecule has 0 spiro atoms. The van der Waals surface area contributed by atoms with E-state index in [1.54, 1.807) is 0 Å². The van der Waals surface area contributed by atoms with Crippen LogP contribution in [0.25, 0.3) is 0 Å². The summed E-state index contributed by atoms with van der Waals surface area (Å²) in [7, 11) is 1.21. The van der Waals surface area contributed by atoms with Gasteiger partial charge < -0.3 is 10.5 Å². The Balaban J connectivity index is 4.01. The summed E-state index contributed by atoms with van der Waals surface area (Å²) < 4.78 is 4.33. The van der Waals surface area contributed by atoms with Crippen LogP contribution in [-0.4, -0.2) is 24.9 Å². The maximum absolute atomic E-state index is 11.1. The second-order valence-corrected chi connectivity index (χ2v) is 3.07. The highest BCUT2D eigenvalue weighted by atomic mass is 16.5. The van der Waals surface area contributed by atoms with Crippen LogP contribution in [0, 0.1) is 5.92 Å². The van der Waals surface area contributed by atoms with Crippen molar-refractivity contribution in [2.45, 2.75) is 26.3 Å². The summed E-state index contributed by atoms with van der Waals surface area (Å²) in [5.41, 5.74) is 5.30. The van der Waals surface area contributed by atoms with E-state index in [1.807, 2.05) is 13.8 Å². The molecular formula is C8H15NO3. The van der Waals surface area contributed by atoms with Gasteiger partial charge in [-0.25, -0.2) is 4.79 Å². The van der Waals surface area contributed by atoms with E-state index in [1.165, 1.54) is 7.11 Å². The minimum absolute atomic E-state index is 0.216. The van der Waals surface area contributed by atoms with E-state index in [2.05, 4.69) is 4.74 Å². The van der Waals surface area contributed by atoms with Crippen LogP contribution < -0.4 is 5.73 Å². The Labute approximate surface area is 72.1 Å². The topological polar surface area (TPSA) is 69.4 Å². The highest BCUT2D eigenvalue weighted by Gasteiger charge is 2.22. The number of ether oxygens (including phenoxy) is 1. The fourth-order valence-corrected chi connectivity index (χ4v) is 0.788. The van der Waals surface area contributed by atoms with Gasteiger partial charge in [-0.05, 0) is 5.92 Å². The molecule has 12 heavy (non-hydrogen) atoms. The summed E-state index contributed by atoms with van der Waals surface area (Å²) in [6.07, 6.45) is 0.316. The van der Waals surface area contributed by atoms with Gasteiger partial charge in [-0.3, -0.25) is 4.79 Å². The minimum atomic E-state index is -1.11. The van der Waals surface area contributed by atoms with Crippen molar-refractivity contribution in [3.05, 3.63) is 0 Å². The molecule has 0 fully saturated rings. The Kier molecular flexibility index (Phi) is 4.51. The van der Waals surface area contributed by atoms with Crippen LogP contribution in [0.1, 0.15) is 20.3 Å². The molecule has 1 atom stereocenters. The number of methoxy groups -OCH3 is 1. The number of Topliss-reactive ketones (excluding diaryl/α,β-unsaturated/α-hetero) is 1. The highest BCUT2D eigenvalue weighted by molar-refractivity contribution is 6.02. The number of hydrogen-bond donors (Lipinski definition) is 1. The number of nitrogens with two attached hydrogens (primary N) is 1. The summed E-state index contributed by atoms with van der Waals surface area (Å²) in [5.74, 6) is -0.717. The molecule has 0 aromatic carbocycles. The third kappa shape index (κ3) is 3.48. The molecule has 1 unspecified atom stereocenters. The van der Waals surface area contributed by atoms with Gasteiger partial charge in [0.25, 0.3) is 0 Å². The van der Waals surface area contributed by atoms with E-state index in [-0.39, 0.29) is 11.7 Å². The Hall–Kier alpha value is -0.900. The third-order valence-electron chi connectivity index (χ3n) is 1.41. The van der Waals surface area contributed by atoms with Gasteiger partial charge in [0.2, 0.25) is 0 Å². The molecule has 2 N–H and O–H groups in total. The van der Waals surface area contributed by atoms with Crippen molar-refractivity contribution in [2.75, 3.05) is 7.11 Å². The van der Waals surface area contributed by atoms with E-state index in [0.29, 0.717) is 6.42 Å². The summed E-state index contributed by atoms with van der Waals surface area (Å²) >= 11 is 0. The van der Waals surface area contributed by atoms with Gasteiger partial charge in [-0.15, -0.1) is 0 Å². The van der Waals surface area contributed by atoms with Crippen molar-refractivity contribution in [3.8, 4) is 0 Å². The molecule has 4 nitrogen and oxygen atoms in total. The molecule has 0 heterocycles. The predicted molar refractivity (Wildman–Crippen MR) is 44.5 cm³/mol. The van der Waals surface area contributed by atoms with Crippen LogP contribution in [0.15, 0.2) is 0 Å². The van der Waals surface area contributed by atoms with Gasteiger partial charge in [0.15, 0.2) is 11.8 Å². The van der Waals surface area contributed by atoms with Gasteiger partial charge in [0, 0.05) is 6.42 Å². The zero-order chi connectivity index (χ0) is 9.72. The lowest BCUT2D eigenvalue weighted by Gasteiger charge is -2.09. The number of hydrogen-bond acceptors (Lipinski definition) is 4.